The van der Waals surface area contributed by atoms with Gasteiger partial charge in [-0.15, -0.1) is 0 Å². The van der Waals surface area contributed by atoms with Crippen molar-refractivity contribution in [2.45, 2.75) is 112 Å². The SMILES string of the molecule is CC(C)(C)c1cc(-c2nccc3[c]2[Ge]([CH3])([CH3])[c]2cc([Si](C)(C)C)ccc2-3)[c-]c2ccccc12.CCC(C)(C)C(=O)/C=C(\O)C(C)(C)CC.[Ir]. The second kappa shape index (κ2) is 14.7. The molecule has 4 aromatic rings. The molecule has 0 saturated heterocycles. The fourth-order valence-corrected chi connectivity index (χ4v) is 14.8. The van der Waals surface area contributed by atoms with Crippen LogP contribution >= 0.6 is 0 Å². The first-order valence-electron chi connectivity index (χ1n) is 17.6. The quantitative estimate of drug-likeness (QED) is 0.0870. The molecule has 0 unspecified atom stereocenters. The number of hydrogen-bond acceptors (Lipinski definition) is 3. The van der Waals surface area contributed by atoms with Crippen LogP contribution in [0.5, 0.6) is 0 Å². The van der Waals surface area contributed by atoms with Gasteiger partial charge >= 0.3 is 203 Å². The van der Waals surface area contributed by atoms with Gasteiger partial charge in [0.1, 0.15) is 5.76 Å². The molecule has 0 spiro atoms. The molecule has 49 heavy (non-hydrogen) atoms. The van der Waals surface area contributed by atoms with Crippen LogP contribution in [0, 0.1) is 16.9 Å². The minimum atomic E-state index is -2.54. The predicted molar refractivity (Wildman–Crippen MR) is 214 cm³/mol. The van der Waals surface area contributed by atoms with Gasteiger partial charge in [0.25, 0.3) is 0 Å². The van der Waals surface area contributed by atoms with E-state index in [1.807, 2.05) is 47.7 Å². The molecule has 1 N–H and O–H groups in total. The van der Waals surface area contributed by atoms with Gasteiger partial charge in [-0.3, -0.25) is 4.79 Å². The van der Waals surface area contributed by atoms with Crippen LogP contribution in [-0.2, 0) is 30.3 Å². The van der Waals surface area contributed by atoms with Crippen LogP contribution in [0.15, 0.2) is 72.6 Å². The summed E-state index contributed by atoms with van der Waals surface area (Å²) in [5, 5.41) is 13.9. The molecule has 1 aromatic heterocycles. The zero-order chi connectivity index (χ0) is 36.0. The first-order chi connectivity index (χ1) is 22.1. The van der Waals surface area contributed by atoms with Gasteiger partial charge in [0.05, 0.1) is 0 Å². The standard InChI is InChI=1S/C30H34GeNSi.C13H24O2.Ir/c1-30(2,3)26-18-21(17-20-11-9-10-12-23(20)26)29-28-25(15-16-32-29)24-14-13-22(33(6,7)8)19-27(24)31(28,4)5;1-7-12(3,4)10(14)9-11(15)13(5,6)8-2;/h9-16,18-19H,1-8H3;9,14H,7-8H2,1-6H3;/q-1;;/b;10-9-;. The number of aromatic nitrogens is 1. The molecule has 0 fully saturated rings. The minimum absolute atomic E-state index is 0. The Hall–Kier alpha value is -2.31. The fraction of sp³-hybridized carbons (Fsp3) is 0.442. The van der Waals surface area contributed by atoms with Crippen LogP contribution < -0.4 is 14.0 Å². The maximum atomic E-state index is 11.8. The van der Waals surface area contributed by atoms with Gasteiger partial charge in [-0.05, 0) is 12.8 Å². The van der Waals surface area contributed by atoms with Gasteiger partial charge in [-0.25, -0.2) is 0 Å². The van der Waals surface area contributed by atoms with Crippen molar-refractivity contribution in [2.75, 3.05) is 0 Å². The van der Waals surface area contributed by atoms with Gasteiger partial charge in [0.15, 0.2) is 5.78 Å². The number of aliphatic hydroxyl groups excluding tert-OH is 1. The van der Waals surface area contributed by atoms with E-state index in [0.29, 0.717) is 0 Å². The van der Waals surface area contributed by atoms with Gasteiger partial charge in [-0.1, -0.05) is 41.5 Å². The molecule has 5 rings (SSSR count). The number of fused-ring (bicyclic) bond motifs is 4. The monoisotopic (exact) mass is 915 g/mol. The number of ketones is 1. The Morgan fingerprint density at radius 2 is 1.49 bits per heavy atom. The molecule has 0 amide bonds. The summed E-state index contributed by atoms with van der Waals surface area (Å²) < 4.78 is 3.14. The third-order valence-electron chi connectivity index (χ3n) is 10.7. The molecule has 265 valence electrons. The zero-order valence-electron chi connectivity index (χ0n) is 32.4. The van der Waals surface area contributed by atoms with E-state index in [4.69, 9.17) is 4.98 Å². The average molecular weight is 914 g/mol. The Morgan fingerprint density at radius 1 is 0.878 bits per heavy atom. The molecule has 1 aliphatic rings. The van der Waals surface area contributed by atoms with E-state index in [0.717, 1.165) is 24.1 Å². The first-order valence-corrected chi connectivity index (χ1v) is 27.4. The van der Waals surface area contributed by atoms with E-state index in [-0.39, 0.29) is 47.9 Å². The number of carbonyl (C=O) groups is 1. The Morgan fingerprint density at radius 3 is 2.06 bits per heavy atom. The van der Waals surface area contributed by atoms with Crippen molar-refractivity contribution in [2.24, 2.45) is 10.8 Å². The van der Waals surface area contributed by atoms with Crippen LogP contribution in [0.4, 0.5) is 0 Å². The number of nitrogens with zero attached hydrogens (tertiary/aromatic N) is 1. The number of allylic oxidation sites excluding steroid dienone is 2. The third-order valence-corrected chi connectivity index (χ3v) is 20.1. The Balaban J connectivity index is 0.000000347. The summed E-state index contributed by atoms with van der Waals surface area (Å²) in [5.74, 6) is 5.30. The first kappa shape index (κ1) is 41.1. The fourth-order valence-electron chi connectivity index (χ4n) is 6.27. The smallest absolute Gasteiger partial charge is 0.164 e. The van der Waals surface area contributed by atoms with Crippen molar-refractivity contribution in [1.29, 1.82) is 0 Å². The minimum Gasteiger partial charge on any atom is -0.512 e. The summed E-state index contributed by atoms with van der Waals surface area (Å²) in [6, 6.07) is 24.4. The third kappa shape index (κ3) is 8.43. The molecular weight excluding hydrogens is 855 g/mol. The molecule has 2 heterocycles. The predicted octanol–water partition coefficient (Wildman–Crippen LogP) is 10.2. The van der Waals surface area contributed by atoms with Crippen molar-refractivity contribution in [3.63, 3.8) is 0 Å². The van der Waals surface area contributed by atoms with Crippen LogP contribution in [0.1, 0.15) is 80.7 Å². The molecule has 0 atom stereocenters. The summed E-state index contributed by atoms with van der Waals surface area (Å²) >= 11 is -2.54. The van der Waals surface area contributed by atoms with Gasteiger partial charge in [0, 0.05) is 37.0 Å². The van der Waals surface area contributed by atoms with Crippen LogP contribution in [0.25, 0.3) is 33.2 Å². The number of hydrogen-bond donors (Lipinski definition) is 1. The topological polar surface area (TPSA) is 50.2 Å². The van der Waals surface area contributed by atoms with Gasteiger partial charge < -0.3 is 5.11 Å². The van der Waals surface area contributed by atoms with Crippen molar-refractivity contribution in [3.05, 3.63) is 84.3 Å². The molecule has 3 nitrogen and oxygen atoms in total. The zero-order valence-corrected chi connectivity index (χ0v) is 37.9. The number of rotatable bonds is 7. The number of benzene rings is 3. The molecule has 0 saturated carbocycles. The molecule has 0 bridgehead atoms. The van der Waals surface area contributed by atoms with Gasteiger partial charge in [-0.2, -0.15) is 0 Å². The van der Waals surface area contributed by atoms with E-state index < -0.39 is 21.3 Å². The molecule has 3 aromatic carbocycles. The van der Waals surface area contributed by atoms with E-state index in [1.165, 1.54) is 37.9 Å². The van der Waals surface area contributed by atoms with Gasteiger partial charge in [0.2, 0.25) is 0 Å². The van der Waals surface area contributed by atoms with Crippen molar-refractivity contribution >= 4 is 51.9 Å². The van der Waals surface area contributed by atoms with Crippen LogP contribution in [-0.4, -0.2) is 37.2 Å². The van der Waals surface area contributed by atoms with Crippen LogP contribution in [0.3, 0.4) is 0 Å². The summed E-state index contributed by atoms with van der Waals surface area (Å²) in [7, 11) is -1.37. The van der Waals surface area contributed by atoms with Crippen LogP contribution in [0.2, 0.25) is 31.2 Å². The Bertz CT molecular complexity index is 1880. The van der Waals surface area contributed by atoms with E-state index >= 15 is 0 Å². The molecule has 1 aliphatic heterocycles. The number of aliphatic hydroxyl groups is 1. The normalized spacial score (nSPS) is 14.4. The van der Waals surface area contributed by atoms with E-state index in [1.54, 1.807) is 9.58 Å². The summed E-state index contributed by atoms with van der Waals surface area (Å²) in [6.45, 7) is 25.9. The Kier molecular flexibility index (Phi) is 12.4. The van der Waals surface area contributed by atoms with Crippen molar-refractivity contribution < 1.29 is 30.0 Å². The molecule has 6 heteroatoms. The summed E-state index contributed by atoms with van der Waals surface area (Å²) in [5.41, 5.74) is 5.88. The maximum Gasteiger partial charge on any atom is 0.164 e. The summed E-state index contributed by atoms with van der Waals surface area (Å²) in [6.07, 6.45) is 5.00. The van der Waals surface area contributed by atoms with Crippen molar-refractivity contribution in [3.8, 4) is 22.4 Å². The molecule has 1 radical (unpaired) electrons. The van der Waals surface area contributed by atoms with E-state index in [9.17, 15) is 9.90 Å². The molecular formula is C43H58GeIrNO2Si-. The van der Waals surface area contributed by atoms with E-state index in [2.05, 4.69) is 113 Å². The Labute approximate surface area is 314 Å². The second-order valence-electron chi connectivity index (χ2n) is 17.5. The van der Waals surface area contributed by atoms with Crippen molar-refractivity contribution in [1.82, 2.24) is 4.98 Å². The largest absolute Gasteiger partial charge is 0.512 e. The molecule has 0 aliphatic carbocycles. The average Bonchev–Trinajstić information content (AvgIpc) is 3.25. The summed E-state index contributed by atoms with van der Waals surface area (Å²) in [4.78, 5) is 16.9. The number of carbonyl (C=O) groups excluding carboxylic acids is 1. The second-order valence-corrected chi connectivity index (χ2v) is 31.6. The maximum absolute atomic E-state index is 11.8. The number of pyridine rings is 1.